The fourth-order valence-electron chi connectivity index (χ4n) is 7.70. The Morgan fingerprint density at radius 1 is 1.14 bits per heavy atom. The number of carbonyl (C=O) groups is 2. The molecule has 1 saturated heterocycles. The molecule has 0 radical (unpaired) electrons. The number of fused-ring (bicyclic) bond motifs is 5. The molecule has 1 aromatic carbocycles. The van der Waals surface area contributed by atoms with Crippen LogP contribution in [0, 0.1) is 22.2 Å². The van der Waals surface area contributed by atoms with Gasteiger partial charge in [0.15, 0.2) is 5.78 Å². The summed E-state index contributed by atoms with van der Waals surface area (Å²) in [6, 6.07) is 8.20. The number of hydrogen-bond acceptors (Lipinski definition) is 9. The molecule has 5 rings (SSSR count). The summed E-state index contributed by atoms with van der Waals surface area (Å²) in [5.41, 5.74) is -5.41. The van der Waals surface area contributed by atoms with Crippen molar-refractivity contribution in [1.29, 1.82) is 0 Å². The molecule has 1 heterocycles. The lowest BCUT2D eigenvalue weighted by Gasteiger charge is -2.68. The summed E-state index contributed by atoms with van der Waals surface area (Å²) >= 11 is 0. The molecule has 202 valence electrons. The van der Waals surface area contributed by atoms with Crippen LogP contribution in [0.2, 0.25) is 0 Å². The number of ether oxygens (including phenoxy) is 2. The van der Waals surface area contributed by atoms with Gasteiger partial charge in [-0.15, -0.1) is 0 Å². The van der Waals surface area contributed by atoms with Crippen LogP contribution in [0.25, 0.3) is 0 Å². The van der Waals surface area contributed by atoms with Gasteiger partial charge in [0.1, 0.15) is 17.8 Å². The van der Waals surface area contributed by atoms with Crippen LogP contribution in [-0.4, -0.2) is 86.6 Å². The zero-order chi connectivity index (χ0) is 27.1. The third kappa shape index (κ3) is 3.25. The molecule has 0 unspecified atom stereocenters. The lowest BCUT2D eigenvalue weighted by Crippen LogP contribution is -2.79. The Kier molecular flexibility index (Phi) is 6.03. The van der Waals surface area contributed by atoms with Crippen LogP contribution in [0.3, 0.4) is 0 Å². The molecule has 1 aromatic rings. The van der Waals surface area contributed by atoms with E-state index in [-0.39, 0.29) is 30.6 Å². The number of carbonyl (C=O) groups excluding carboxylic acids is 2. The van der Waals surface area contributed by atoms with E-state index in [0.29, 0.717) is 5.57 Å². The van der Waals surface area contributed by atoms with Crippen molar-refractivity contribution in [3.05, 3.63) is 47.0 Å². The highest BCUT2D eigenvalue weighted by Gasteiger charge is 2.76. The molecular formula is C28H36O9. The predicted octanol–water partition coefficient (Wildman–Crippen LogP) is 0.759. The Labute approximate surface area is 215 Å². The fraction of sp³-hybridized carbons (Fsp3) is 0.643. The molecule has 5 N–H and O–H groups in total. The molecule has 0 amide bonds. The van der Waals surface area contributed by atoms with E-state index < -0.39 is 76.6 Å². The van der Waals surface area contributed by atoms with Gasteiger partial charge in [0.25, 0.3) is 0 Å². The van der Waals surface area contributed by atoms with Gasteiger partial charge in [-0.3, -0.25) is 4.79 Å². The summed E-state index contributed by atoms with van der Waals surface area (Å²) in [5, 5.41) is 57.2. The Balaban J connectivity index is 1.80. The third-order valence-electron chi connectivity index (χ3n) is 10.1. The first kappa shape index (κ1) is 26.5. The van der Waals surface area contributed by atoms with E-state index in [2.05, 4.69) is 0 Å². The van der Waals surface area contributed by atoms with E-state index >= 15 is 0 Å². The summed E-state index contributed by atoms with van der Waals surface area (Å²) in [4.78, 5) is 27.7. The van der Waals surface area contributed by atoms with Crippen molar-refractivity contribution in [1.82, 2.24) is 0 Å². The van der Waals surface area contributed by atoms with Gasteiger partial charge in [0.2, 0.25) is 0 Å². The zero-order valence-corrected chi connectivity index (χ0v) is 21.5. The van der Waals surface area contributed by atoms with Crippen molar-refractivity contribution in [3.8, 4) is 0 Å². The van der Waals surface area contributed by atoms with Crippen LogP contribution in [0.5, 0.6) is 0 Å². The number of hydrogen-bond donors (Lipinski definition) is 5. The number of rotatable bonds is 3. The number of benzene rings is 1. The Bertz CT molecular complexity index is 1140. The Morgan fingerprint density at radius 3 is 2.35 bits per heavy atom. The smallest absolute Gasteiger partial charge is 0.338 e. The second kappa shape index (κ2) is 8.43. The Hall–Kier alpha value is -2.14. The van der Waals surface area contributed by atoms with Crippen molar-refractivity contribution in [2.45, 2.75) is 76.7 Å². The van der Waals surface area contributed by atoms with Crippen LogP contribution >= 0.6 is 0 Å². The molecule has 9 nitrogen and oxygen atoms in total. The number of Topliss-reactive ketones (excluding diaryl/α,β-unsaturated/α-hetero) is 1. The fourth-order valence-corrected chi connectivity index (χ4v) is 7.70. The maximum Gasteiger partial charge on any atom is 0.338 e. The van der Waals surface area contributed by atoms with Crippen LogP contribution in [0.15, 0.2) is 41.5 Å². The molecule has 2 saturated carbocycles. The highest BCUT2D eigenvalue weighted by Crippen LogP contribution is 2.65. The molecule has 0 aromatic heterocycles. The topological polar surface area (TPSA) is 154 Å². The average molecular weight is 517 g/mol. The first-order valence-corrected chi connectivity index (χ1v) is 12.8. The van der Waals surface area contributed by atoms with Gasteiger partial charge in [-0.25, -0.2) is 4.79 Å². The SMILES string of the molecule is CC1=C2[C@@H](O)C(=O)[C@@]3(C)[C@H]([C@H](OC(=O)c4ccccc4)[C@](O)(C[C@@H]1O)C2(C)C)[C@]1(CO)CO[C@@H]1C[C@@H]3O. The number of ketones is 1. The third-order valence-corrected chi connectivity index (χ3v) is 10.1. The summed E-state index contributed by atoms with van der Waals surface area (Å²) < 4.78 is 11.9. The van der Waals surface area contributed by atoms with Crippen molar-refractivity contribution in [2.24, 2.45) is 22.2 Å². The van der Waals surface area contributed by atoms with E-state index in [1.54, 1.807) is 51.1 Å². The van der Waals surface area contributed by atoms with Crippen molar-refractivity contribution in [3.63, 3.8) is 0 Å². The van der Waals surface area contributed by atoms with E-state index in [1.807, 2.05) is 0 Å². The van der Waals surface area contributed by atoms with Gasteiger partial charge in [0, 0.05) is 24.2 Å². The monoisotopic (exact) mass is 516 g/mol. The van der Waals surface area contributed by atoms with Crippen molar-refractivity contribution in [2.75, 3.05) is 13.2 Å². The van der Waals surface area contributed by atoms with Gasteiger partial charge >= 0.3 is 5.97 Å². The molecule has 4 aliphatic rings. The molecule has 3 fully saturated rings. The van der Waals surface area contributed by atoms with Gasteiger partial charge in [-0.05, 0) is 37.1 Å². The molecule has 0 spiro atoms. The van der Waals surface area contributed by atoms with E-state index in [1.165, 1.54) is 6.92 Å². The van der Waals surface area contributed by atoms with Gasteiger partial charge in [-0.1, -0.05) is 32.0 Å². The van der Waals surface area contributed by atoms with Crippen molar-refractivity contribution >= 4 is 11.8 Å². The first-order valence-electron chi connectivity index (χ1n) is 12.8. The lowest BCUT2D eigenvalue weighted by atomic mass is 9.42. The molecular weight excluding hydrogens is 480 g/mol. The molecule has 3 aliphatic carbocycles. The summed E-state index contributed by atoms with van der Waals surface area (Å²) in [6.07, 6.45) is -6.54. The van der Waals surface area contributed by atoms with Crippen molar-refractivity contribution < 1.29 is 44.6 Å². The van der Waals surface area contributed by atoms with Gasteiger partial charge in [0.05, 0.1) is 47.9 Å². The zero-order valence-electron chi connectivity index (χ0n) is 21.5. The summed E-state index contributed by atoms with van der Waals surface area (Å²) in [7, 11) is 0. The highest BCUT2D eigenvalue weighted by atomic mass is 16.6. The minimum atomic E-state index is -1.97. The van der Waals surface area contributed by atoms with E-state index in [9.17, 15) is 35.1 Å². The predicted molar refractivity (Wildman–Crippen MR) is 130 cm³/mol. The Morgan fingerprint density at radius 2 is 1.78 bits per heavy atom. The van der Waals surface area contributed by atoms with E-state index in [0.717, 1.165) is 0 Å². The maximum atomic E-state index is 14.2. The minimum absolute atomic E-state index is 0.0185. The summed E-state index contributed by atoms with van der Waals surface area (Å²) in [5.74, 6) is -2.58. The van der Waals surface area contributed by atoms with E-state index in [4.69, 9.17) is 9.47 Å². The van der Waals surface area contributed by atoms with Gasteiger partial charge < -0.3 is 35.0 Å². The van der Waals surface area contributed by atoms with Crippen LogP contribution < -0.4 is 0 Å². The molecule has 9 atom stereocenters. The average Bonchev–Trinajstić information content (AvgIpc) is 2.85. The second-order valence-corrected chi connectivity index (χ2v) is 12.0. The normalized spacial score (nSPS) is 44.6. The van der Waals surface area contributed by atoms with Gasteiger partial charge in [-0.2, -0.15) is 0 Å². The standard InChI is InChI=1S/C28H36O9/c1-14-16(30)11-28(35)23(37-24(34)15-8-6-5-7-9-15)21-26(4,22(33)20(32)19(14)25(28,2)3)17(31)10-18-27(21,12-29)13-36-18/h5-9,16-18,20-21,23,29-32,35H,10-13H2,1-4H3/t16-,17-,18+,20+,21-,23-,26+,27+,28+/m0/s1. The molecule has 2 bridgehead atoms. The van der Waals surface area contributed by atoms with Crippen LogP contribution in [0.4, 0.5) is 0 Å². The maximum absolute atomic E-state index is 14.2. The lowest BCUT2D eigenvalue weighted by molar-refractivity contribution is -0.326. The first-order chi connectivity index (χ1) is 17.3. The van der Waals surface area contributed by atoms with Crippen LogP contribution in [0.1, 0.15) is 50.9 Å². The summed E-state index contributed by atoms with van der Waals surface area (Å²) in [6.45, 7) is 5.98. The number of aliphatic hydroxyl groups excluding tert-OH is 4. The number of aliphatic hydroxyl groups is 5. The molecule has 1 aliphatic heterocycles. The minimum Gasteiger partial charge on any atom is -0.455 e. The largest absolute Gasteiger partial charge is 0.455 e. The number of esters is 1. The molecule has 37 heavy (non-hydrogen) atoms. The second-order valence-electron chi connectivity index (χ2n) is 12.0. The quantitative estimate of drug-likeness (QED) is 0.289. The highest BCUT2D eigenvalue weighted by molar-refractivity contribution is 5.94. The van der Waals surface area contributed by atoms with Crippen LogP contribution in [-0.2, 0) is 14.3 Å². The molecule has 9 heteroatoms.